The number of ether oxygens (including phenoxy) is 2. The number of carbonyl (C=O) groups excluding carboxylic acids is 3. The Morgan fingerprint density at radius 1 is 0.870 bits per heavy atom. The van der Waals surface area contributed by atoms with E-state index in [4.69, 9.17) is 9.47 Å². The van der Waals surface area contributed by atoms with Crippen LogP contribution in [0.5, 0.6) is 11.5 Å². The molecule has 23 heavy (non-hydrogen) atoms. The summed E-state index contributed by atoms with van der Waals surface area (Å²) in [6.45, 7) is 2.66. The molecule has 0 spiro atoms. The molecule has 0 radical (unpaired) electrons. The highest BCUT2D eigenvalue weighted by Gasteiger charge is 2.07. The van der Waals surface area contributed by atoms with Crippen molar-refractivity contribution in [2.45, 2.75) is 58.8 Å². The van der Waals surface area contributed by atoms with Crippen molar-refractivity contribution in [3.63, 3.8) is 0 Å². The third-order valence-corrected chi connectivity index (χ3v) is 3.25. The molecule has 0 heterocycles. The number of benzene rings is 1. The number of hydrogen-bond donors (Lipinski definition) is 0. The molecule has 0 aliphatic carbocycles. The molecular formula is C18H24O5. The van der Waals surface area contributed by atoms with E-state index in [2.05, 4.69) is 0 Å². The first-order valence-electron chi connectivity index (χ1n) is 7.95. The summed E-state index contributed by atoms with van der Waals surface area (Å²) in [5, 5.41) is 0. The first-order chi connectivity index (χ1) is 11.0. The highest BCUT2D eigenvalue weighted by Crippen LogP contribution is 2.25. The van der Waals surface area contributed by atoms with Gasteiger partial charge < -0.3 is 14.3 Å². The molecule has 0 unspecified atom stereocenters. The zero-order valence-corrected chi connectivity index (χ0v) is 13.8. The monoisotopic (exact) mass is 320 g/mol. The number of hydrogen-bond acceptors (Lipinski definition) is 5. The smallest absolute Gasteiger partial charge is 0.308 e. The molecule has 5 nitrogen and oxygen atoms in total. The van der Waals surface area contributed by atoms with Crippen molar-refractivity contribution in [3.8, 4) is 11.5 Å². The molecule has 0 N–H and O–H groups in total. The lowest BCUT2D eigenvalue weighted by Gasteiger charge is -2.09. The van der Waals surface area contributed by atoms with E-state index >= 15 is 0 Å². The lowest BCUT2D eigenvalue weighted by Crippen LogP contribution is -2.05. The Kier molecular flexibility index (Phi) is 8.65. The zero-order valence-electron chi connectivity index (χ0n) is 13.8. The van der Waals surface area contributed by atoms with Gasteiger partial charge in [0.2, 0.25) is 0 Å². The summed E-state index contributed by atoms with van der Waals surface area (Å²) < 4.78 is 10.2. The maximum Gasteiger partial charge on any atom is 0.308 e. The van der Waals surface area contributed by atoms with Crippen molar-refractivity contribution in [1.29, 1.82) is 0 Å². The minimum Gasteiger partial charge on any atom is -0.427 e. The van der Waals surface area contributed by atoms with Crippen LogP contribution in [0.4, 0.5) is 0 Å². The number of rotatable bonds is 10. The first kappa shape index (κ1) is 18.9. The average Bonchev–Trinajstić information content (AvgIpc) is 2.44. The molecule has 0 amide bonds. The van der Waals surface area contributed by atoms with Crippen molar-refractivity contribution < 1.29 is 23.9 Å². The maximum absolute atomic E-state index is 11.1. The molecule has 0 atom stereocenters. The van der Waals surface area contributed by atoms with Gasteiger partial charge in [0.25, 0.3) is 0 Å². The third-order valence-electron chi connectivity index (χ3n) is 3.25. The van der Waals surface area contributed by atoms with Gasteiger partial charge in [0.15, 0.2) is 0 Å². The molecule has 1 rings (SSSR count). The fraction of sp³-hybridized carbons (Fsp3) is 0.500. The molecule has 0 aliphatic heterocycles. The van der Waals surface area contributed by atoms with Crippen LogP contribution in [0.25, 0.3) is 0 Å². The molecule has 126 valence electrons. The van der Waals surface area contributed by atoms with Crippen LogP contribution in [0.3, 0.4) is 0 Å². The van der Waals surface area contributed by atoms with E-state index < -0.39 is 11.9 Å². The Hall–Kier alpha value is -2.17. The number of aryl methyl sites for hydroxylation is 1. The predicted octanol–water partition coefficient (Wildman–Crippen LogP) is 3.62. The zero-order chi connectivity index (χ0) is 17.1. The van der Waals surface area contributed by atoms with Crippen LogP contribution in [0, 0.1) is 0 Å². The van der Waals surface area contributed by atoms with Gasteiger partial charge in [-0.25, -0.2) is 0 Å². The van der Waals surface area contributed by atoms with Crippen LogP contribution in [-0.2, 0) is 20.8 Å². The first-order valence-corrected chi connectivity index (χ1v) is 7.95. The standard InChI is InChI=1S/C18H24O5/c1-14(20)22-17-11-16(12-18(13-17)23-15(2)21)9-7-5-3-4-6-8-10-19/h10-13H,3-9H2,1-2H3. The number of unbranched alkanes of at least 4 members (excludes halogenated alkanes) is 5. The number of aldehydes is 1. The second-order valence-corrected chi connectivity index (χ2v) is 5.47. The molecule has 0 saturated carbocycles. The summed E-state index contributed by atoms with van der Waals surface area (Å²) in [7, 11) is 0. The predicted molar refractivity (Wildman–Crippen MR) is 86.5 cm³/mol. The molecule has 0 fully saturated rings. The van der Waals surface area contributed by atoms with E-state index in [-0.39, 0.29) is 0 Å². The van der Waals surface area contributed by atoms with E-state index in [0.29, 0.717) is 17.9 Å². The Labute approximate surface area is 137 Å². The van der Waals surface area contributed by atoms with E-state index in [1.54, 1.807) is 12.1 Å². The Bertz CT molecular complexity index is 502. The van der Waals surface area contributed by atoms with Crippen LogP contribution >= 0.6 is 0 Å². The lowest BCUT2D eigenvalue weighted by molar-refractivity contribution is -0.132. The minimum absolute atomic E-state index is 0.386. The van der Waals surface area contributed by atoms with Crippen LogP contribution < -0.4 is 9.47 Å². The third kappa shape index (κ3) is 8.76. The summed E-state index contributed by atoms with van der Waals surface area (Å²) in [5.74, 6) is -0.0494. The molecule has 0 bridgehead atoms. The number of carbonyl (C=O) groups is 3. The van der Waals surface area contributed by atoms with Crippen LogP contribution in [-0.4, -0.2) is 18.2 Å². The van der Waals surface area contributed by atoms with Crippen molar-refractivity contribution >= 4 is 18.2 Å². The van der Waals surface area contributed by atoms with Gasteiger partial charge in [-0.3, -0.25) is 9.59 Å². The number of esters is 2. The van der Waals surface area contributed by atoms with Gasteiger partial charge in [0.05, 0.1) is 0 Å². The second kappa shape index (κ2) is 10.5. The summed E-state index contributed by atoms with van der Waals surface area (Å²) in [6, 6.07) is 5.12. The fourth-order valence-corrected chi connectivity index (χ4v) is 2.31. The van der Waals surface area contributed by atoms with Crippen molar-refractivity contribution in [3.05, 3.63) is 23.8 Å². The molecule has 5 heteroatoms. The van der Waals surface area contributed by atoms with E-state index in [9.17, 15) is 14.4 Å². The lowest BCUT2D eigenvalue weighted by atomic mass is 10.0. The normalized spacial score (nSPS) is 10.2. The Balaban J connectivity index is 2.56. The Morgan fingerprint density at radius 2 is 1.39 bits per heavy atom. The molecule has 1 aromatic carbocycles. The van der Waals surface area contributed by atoms with Gasteiger partial charge in [0, 0.05) is 26.3 Å². The second-order valence-electron chi connectivity index (χ2n) is 5.47. The maximum atomic E-state index is 11.1. The molecule has 0 aliphatic rings. The van der Waals surface area contributed by atoms with Gasteiger partial charge in [-0.2, -0.15) is 0 Å². The van der Waals surface area contributed by atoms with E-state index in [1.165, 1.54) is 19.9 Å². The average molecular weight is 320 g/mol. The summed E-state index contributed by atoms with van der Waals surface area (Å²) in [5.41, 5.74) is 0.966. The van der Waals surface area contributed by atoms with Gasteiger partial charge in [-0.05, 0) is 37.0 Å². The fourth-order valence-electron chi connectivity index (χ4n) is 2.31. The highest BCUT2D eigenvalue weighted by atomic mass is 16.5. The summed E-state index contributed by atoms with van der Waals surface area (Å²) in [6.07, 6.45) is 7.56. The van der Waals surface area contributed by atoms with E-state index in [1.807, 2.05) is 0 Å². The SMILES string of the molecule is CC(=O)Oc1cc(CCCCCCCC=O)cc(OC(C)=O)c1. The summed E-state index contributed by atoms with van der Waals surface area (Å²) in [4.78, 5) is 32.4. The van der Waals surface area contributed by atoms with E-state index in [0.717, 1.165) is 50.4 Å². The highest BCUT2D eigenvalue weighted by molar-refractivity contribution is 5.71. The minimum atomic E-state index is -0.411. The van der Waals surface area contributed by atoms with Gasteiger partial charge in [-0.15, -0.1) is 0 Å². The summed E-state index contributed by atoms with van der Waals surface area (Å²) >= 11 is 0. The molecule has 0 aromatic heterocycles. The topological polar surface area (TPSA) is 69.7 Å². The van der Waals surface area contributed by atoms with Gasteiger partial charge in [0.1, 0.15) is 17.8 Å². The Morgan fingerprint density at radius 3 is 1.91 bits per heavy atom. The van der Waals surface area contributed by atoms with Gasteiger partial charge >= 0.3 is 11.9 Å². The van der Waals surface area contributed by atoms with Crippen molar-refractivity contribution in [2.24, 2.45) is 0 Å². The molecule has 1 aromatic rings. The van der Waals surface area contributed by atoms with Crippen molar-refractivity contribution in [1.82, 2.24) is 0 Å². The quantitative estimate of drug-likeness (QED) is 0.285. The van der Waals surface area contributed by atoms with Crippen LogP contribution in [0.1, 0.15) is 57.9 Å². The van der Waals surface area contributed by atoms with Crippen molar-refractivity contribution in [2.75, 3.05) is 0 Å². The molecular weight excluding hydrogens is 296 g/mol. The van der Waals surface area contributed by atoms with Gasteiger partial charge in [-0.1, -0.05) is 19.3 Å². The molecule has 0 saturated heterocycles. The van der Waals surface area contributed by atoms with Crippen LogP contribution in [0.2, 0.25) is 0 Å². The largest absolute Gasteiger partial charge is 0.427 e. The van der Waals surface area contributed by atoms with Crippen LogP contribution in [0.15, 0.2) is 18.2 Å².